The summed E-state index contributed by atoms with van der Waals surface area (Å²) in [6.07, 6.45) is 5.36. The second kappa shape index (κ2) is 5.45. The highest BCUT2D eigenvalue weighted by Gasteiger charge is 2.22. The van der Waals surface area contributed by atoms with Gasteiger partial charge in [-0.3, -0.25) is 4.98 Å². The summed E-state index contributed by atoms with van der Waals surface area (Å²) in [5, 5.41) is 5.52. The molecule has 0 N–H and O–H groups in total. The summed E-state index contributed by atoms with van der Waals surface area (Å²) in [7, 11) is 0. The van der Waals surface area contributed by atoms with E-state index in [2.05, 4.69) is 65.6 Å². The third kappa shape index (κ3) is 2.12. The Kier molecular flexibility index (Phi) is 3.12. The molecule has 4 aromatic rings. The van der Waals surface area contributed by atoms with Crippen molar-refractivity contribution in [3.63, 3.8) is 0 Å². The van der Waals surface area contributed by atoms with Gasteiger partial charge in [0.15, 0.2) is 0 Å². The van der Waals surface area contributed by atoms with E-state index >= 15 is 0 Å². The van der Waals surface area contributed by atoms with E-state index in [4.69, 9.17) is 0 Å². The Hall–Kier alpha value is -2.67. The van der Waals surface area contributed by atoms with Crippen LogP contribution in [0.2, 0.25) is 0 Å². The Balaban J connectivity index is 1.64. The van der Waals surface area contributed by atoms with E-state index in [-0.39, 0.29) is 0 Å². The molecule has 0 fully saturated rings. The zero-order valence-corrected chi connectivity index (χ0v) is 13.6. The third-order valence-electron chi connectivity index (χ3n) is 5.45. The Morgan fingerprint density at radius 1 is 0.750 bits per heavy atom. The molecule has 24 heavy (non-hydrogen) atoms. The molecule has 1 aliphatic carbocycles. The molecule has 1 aliphatic rings. The number of fused-ring (bicyclic) bond motifs is 5. The maximum Gasteiger partial charge on any atom is 0.0437 e. The number of rotatable bonds is 1. The van der Waals surface area contributed by atoms with Gasteiger partial charge in [-0.1, -0.05) is 54.6 Å². The van der Waals surface area contributed by atoms with E-state index < -0.39 is 0 Å². The number of pyridine rings is 1. The molecular formula is C23H19N. The van der Waals surface area contributed by atoms with Crippen LogP contribution in [0.3, 0.4) is 0 Å². The van der Waals surface area contributed by atoms with Gasteiger partial charge in [0, 0.05) is 17.8 Å². The molecular weight excluding hydrogens is 290 g/mol. The zero-order valence-electron chi connectivity index (χ0n) is 13.6. The highest BCUT2D eigenvalue weighted by molar-refractivity contribution is 6.08. The SMILES string of the molecule is c1ccc(C2CCc3c(ccc4c3ccc3ccccc34)C2)nc1. The minimum atomic E-state index is 0.552. The predicted octanol–water partition coefficient (Wildman–Crippen LogP) is 5.66. The molecule has 1 atom stereocenters. The van der Waals surface area contributed by atoms with Crippen LogP contribution in [0.1, 0.15) is 29.2 Å². The summed E-state index contributed by atoms with van der Waals surface area (Å²) in [5.41, 5.74) is 4.28. The van der Waals surface area contributed by atoms with Gasteiger partial charge in [-0.05, 0) is 64.1 Å². The molecule has 1 heteroatoms. The average molecular weight is 309 g/mol. The van der Waals surface area contributed by atoms with Crippen molar-refractivity contribution >= 4 is 21.5 Å². The van der Waals surface area contributed by atoms with Gasteiger partial charge in [-0.25, -0.2) is 0 Å². The lowest BCUT2D eigenvalue weighted by molar-refractivity contribution is 0.574. The first-order chi connectivity index (χ1) is 11.9. The van der Waals surface area contributed by atoms with Crippen molar-refractivity contribution in [2.24, 2.45) is 0 Å². The Labute approximate surface area is 142 Å². The number of benzene rings is 3. The molecule has 0 saturated carbocycles. The minimum absolute atomic E-state index is 0.552. The highest BCUT2D eigenvalue weighted by atomic mass is 14.7. The molecule has 0 aliphatic heterocycles. The number of nitrogens with zero attached hydrogens (tertiary/aromatic N) is 1. The summed E-state index contributed by atoms with van der Waals surface area (Å²) in [5.74, 6) is 0.552. The second-order valence-corrected chi connectivity index (χ2v) is 6.78. The molecule has 5 rings (SSSR count). The lowest BCUT2D eigenvalue weighted by Crippen LogP contribution is -2.14. The van der Waals surface area contributed by atoms with E-state index in [1.54, 1.807) is 5.56 Å². The molecule has 1 nitrogen and oxygen atoms in total. The molecule has 0 amide bonds. The van der Waals surface area contributed by atoms with Crippen molar-refractivity contribution in [2.45, 2.75) is 25.2 Å². The van der Waals surface area contributed by atoms with Crippen molar-refractivity contribution in [1.29, 1.82) is 0 Å². The van der Waals surface area contributed by atoms with Gasteiger partial charge in [0.2, 0.25) is 0 Å². The Morgan fingerprint density at radius 2 is 1.62 bits per heavy atom. The van der Waals surface area contributed by atoms with Crippen molar-refractivity contribution < 1.29 is 0 Å². The first-order valence-corrected chi connectivity index (χ1v) is 8.73. The van der Waals surface area contributed by atoms with E-state index in [0.29, 0.717) is 5.92 Å². The van der Waals surface area contributed by atoms with E-state index in [1.807, 2.05) is 12.3 Å². The van der Waals surface area contributed by atoms with Crippen LogP contribution in [0.5, 0.6) is 0 Å². The van der Waals surface area contributed by atoms with Crippen LogP contribution < -0.4 is 0 Å². The van der Waals surface area contributed by atoms with E-state index in [9.17, 15) is 0 Å². The van der Waals surface area contributed by atoms with Gasteiger partial charge >= 0.3 is 0 Å². The minimum Gasteiger partial charge on any atom is -0.261 e. The van der Waals surface area contributed by atoms with Crippen LogP contribution in [-0.4, -0.2) is 4.98 Å². The van der Waals surface area contributed by atoms with Gasteiger partial charge in [0.25, 0.3) is 0 Å². The van der Waals surface area contributed by atoms with Gasteiger partial charge < -0.3 is 0 Å². The number of aromatic nitrogens is 1. The molecule has 0 radical (unpaired) electrons. The molecule has 0 saturated heterocycles. The fraction of sp³-hybridized carbons (Fsp3) is 0.174. The molecule has 0 bridgehead atoms. The lowest BCUT2D eigenvalue weighted by atomic mass is 9.79. The standard InChI is InChI=1S/C23H19N/c1-2-6-19-16(5-1)8-12-22-20-11-10-18(23-7-3-4-14-24-23)15-17(20)9-13-21(19)22/h1-9,12-14,18H,10-11,15H2. The summed E-state index contributed by atoms with van der Waals surface area (Å²) in [6, 6.07) is 24.2. The summed E-state index contributed by atoms with van der Waals surface area (Å²) >= 11 is 0. The summed E-state index contributed by atoms with van der Waals surface area (Å²) < 4.78 is 0. The summed E-state index contributed by atoms with van der Waals surface area (Å²) in [6.45, 7) is 0. The van der Waals surface area contributed by atoms with E-state index in [0.717, 1.165) is 12.8 Å². The predicted molar refractivity (Wildman–Crippen MR) is 100 cm³/mol. The van der Waals surface area contributed by atoms with Crippen molar-refractivity contribution in [2.75, 3.05) is 0 Å². The fourth-order valence-corrected chi connectivity index (χ4v) is 4.24. The van der Waals surface area contributed by atoms with Crippen LogP contribution in [0, 0.1) is 0 Å². The monoisotopic (exact) mass is 309 g/mol. The zero-order chi connectivity index (χ0) is 15.9. The molecule has 3 aromatic carbocycles. The maximum absolute atomic E-state index is 4.58. The van der Waals surface area contributed by atoms with Gasteiger partial charge in [0.05, 0.1) is 0 Å². The van der Waals surface area contributed by atoms with E-state index in [1.165, 1.54) is 39.2 Å². The number of hydrogen-bond donors (Lipinski definition) is 0. The summed E-state index contributed by atoms with van der Waals surface area (Å²) in [4.78, 5) is 4.58. The van der Waals surface area contributed by atoms with Gasteiger partial charge in [-0.2, -0.15) is 0 Å². The number of aryl methyl sites for hydroxylation is 1. The molecule has 116 valence electrons. The Bertz CT molecular complexity index is 1030. The fourth-order valence-electron chi connectivity index (χ4n) is 4.24. The van der Waals surface area contributed by atoms with Crippen molar-refractivity contribution in [3.8, 4) is 0 Å². The smallest absolute Gasteiger partial charge is 0.0437 e. The topological polar surface area (TPSA) is 12.9 Å². The van der Waals surface area contributed by atoms with Crippen LogP contribution in [0.4, 0.5) is 0 Å². The molecule has 1 heterocycles. The van der Waals surface area contributed by atoms with Crippen LogP contribution in [0.15, 0.2) is 72.9 Å². The van der Waals surface area contributed by atoms with Crippen molar-refractivity contribution in [1.82, 2.24) is 4.98 Å². The van der Waals surface area contributed by atoms with Crippen molar-refractivity contribution in [3.05, 3.63) is 89.7 Å². The van der Waals surface area contributed by atoms with Crippen LogP contribution in [0.25, 0.3) is 21.5 Å². The first-order valence-electron chi connectivity index (χ1n) is 8.73. The Morgan fingerprint density at radius 3 is 2.54 bits per heavy atom. The maximum atomic E-state index is 4.58. The average Bonchev–Trinajstić information content (AvgIpc) is 2.67. The third-order valence-corrected chi connectivity index (χ3v) is 5.45. The highest BCUT2D eigenvalue weighted by Crippen LogP contribution is 2.37. The first kappa shape index (κ1) is 13.7. The second-order valence-electron chi connectivity index (χ2n) is 6.78. The van der Waals surface area contributed by atoms with Gasteiger partial charge in [0.1, 0.15) is 0 Å². The quantitative estimate of drug-likeness (QED) is 0.413. The van der Waals surface area contributed by atoms with Gasteiger partial charge in [-0.15, -0.1) is 0 Å². The van der Waals surface area contributed by atoms with Crippen LogP contribution >= 0.6 is 0 Å². The molecule has 1 aromatic heterocycles. The largest absolute Gasteiger partial charge is 0.261 e. The molecule has 0 spiro atoms. The van der Waals surface area contributed by atoms with Crippen LogP contribution in [-0.2, 0) is 12.8 Å². The normalized spacial score (nSPS) is 17.1. The molecule has 1 unspecified atom stereocenters. The number of hydrogen-bond acceptors (Lipinski definition) is 1. The lowest BCUT2D eigenvalue weighted by Gasteiger charge is -2.25.